The van der Waals surface area contributed by atoms with E-state index in [1.54, 1.807) is 13.2 Å². The summed E-state index contributed by atoms with van der Waals surface area (Å²) in [7, 11) is 1.79. The predicted molar refractivity (Wildman–Crippen MR) is 102 cm³/mol. The fraction of sp³-hybridized carbons (Fsp3) is 0.722. The number of nitrogens with zero attached hydrogens (tertiary/aromatic N) is 4. The highest BCUT2D eigenvalue weighted by atomic mass is 16.6. The third kappa shape index (κ3) is 6.57. The predicted octanol–water partition coefficient (Wildman–Crippen LogP) is 1.69. The molecule has 1 fully saturated rings. The Morgan fingerprint density at radius 2 is 2.23 bits per heavy atom. The molecule has 2 atom stereocenters. The number of carbonyl (C=O) groups is 1. The van der Waals surface area contributed by atoms with Gasteiger partial charge in [-0.1, -0.05) is 6.92 Å². The highest BCUT2D eigenvalue weighted by molar-refractivity contribution is 5.80. The maximum absolute atomic E-state index is 11.9. The number of hydrogen-bond donors (Lipinski definition) is 2. The number of aromatic nitrogens is 2. The Kier molecular flexibility index (Phi) is 6.88. The van der Waals surface area contributed by atoms with E-state index in [-0.39, 0.29) is 12.1 Å². The molecule has 2 heterocycles. The highest BCUT2D eigenvalue weighted by Gasteiger charge is 2.27. The number of amides is 1. The van der Waals surface area contributed by atoms with Crippen molar-refractivity contribution in [2.75, 3.05) is 26.7 Å². The Morgan fingerprint density at radius 3 is 2.85 bits per heavy atom. The van der Waals surface area contributed by atoms with Crippen molar-refractivity contribution in [3.63, 3.8) is 0 Å². The monoisotopic (exact) mass is 364 g/mol. The lowest BCUT2D eigenvalue weighted by atomic mass is 10.2. The van der Waals surface area contributed by atoms with Crippen LogP contribution in [0.3, 0.4) is 0 Å². The van der Waals surface area contributed by atoms with Gasteiger partial charge in [-0.3, -0.25) is 9.67 Å². The molecule has 8 nitrogen and oxygen atoms in total. The van der Waals surface area contributed by atoms with Crippen molar-refractivity contribution in [2.45, 2.75) is 52.3 Å². The third-order valence-electron chi connectivity index (χ3n) is 4.09. The maximum atomic E-state index is 11.9. The molecule has 1 aliphatic heterocycles. The molecule has 1 aromatic heterocycles. The summed E-state index contributed by atoms with van der Waals surface area (Å²) in [6, 6.07) is 2.01. The van der Waals surface area contributed by atoms with E-state index < -0.39 is 5.60 Å². The van der Waals surface area contributed by atoms with Gasteiger partial charge in [0.05, 0.1) is 6.04 Å². The van der Waals surface area contributed by atoms with Gasteiger partial charge in [0.25, 0.3) is 0 Å². The van der Waals surface area contributed by atoms with Crippen molar-refractivity contribution in [1.29, 1.82) is 0 Å². The molecule has 0 radical (unpaired) electrons. The second-order valence-electron chi connectivity index (χ2n) is 7.84. The summed E-state index contributed by atoms with van der Waals surface area (Å²) in [5.41, 5.74) is -0.481. The molecular formula is C18H32N6O2. The lowest BCUT2D eigenvalue weighted by Crippen LogP contribution is -2.45. The van der Waals surface area contributed by atoms with Crippen molar-refractivity contribution in [2.24, 2.45) is 10.9 Å². The van der Waals surface area contributed by atoms with Gasteiger partial charge >= 0.3 is 6.09 Å². The van der Waals surface area contributed by atoms with Crippen LogP contribution in [0, 0.1) is 5.92 Å². The second kappa shape index (κ2) is 8.91. The number of rotatable bonds is 5. The number of likely N-dealkylation sites (tertiary alicyclic amines) is 1. The minimum Gasteiger partial charge on any atom is -0.444 e. The Morgan fingerprint density at radius 1 is 1.46 bits per heavy atom. The summed E-state index contributed by atoms with van der Waals surface area (Å²) in [6.45, 7) is 11.0. The van der Waals surface area contributed by atoms with Crippen LogP contribution >= 0.6 is 0 Å². The topological polar surface area (TPSA) is 83.8 Å². The van der Waals surface area contributed by atoms with Crippen LogP contribution in [-0.4, -0.2) is 65.1 Å². The normalized spacial score (nSPS) is 19.3. The zero-order valence-electron chi connectivity index (χ0n) is 16.5. The first kappa shape index (κ1) is 20.1. The van der Waals surface area contributed by atoms with Crippen LogP contribution in [0.25, 0.3) is 0 Å². The quantitative estimate of drug-likeness (QED) is 0.614. The number of hydrogen-bond acceptors (Lipinski definition) is 4. The molecule has 26 heavy (non-hydrogen) atoms. The fourth-order valence-electron chi connectivity index (χ4n) is 2.93. The molecule has 1 aliphatic rings. The molecule has 1 amide bonds. The molecule has 0 bridgehead atoms. The van der Waals surface area contributed by atoms with Crippen LogP contribution < -0.4 is 10.6 Å². The third-order valence-corrected chi connectivity index (χ3v) is 4.09. The molecule has 0 spiro atoms. The zero-order valence-corrected chi connectivity index (χ0v) is 16.5. The standard InChI is InChI=1S/C18H32N6O2/c1-14(12-24-9-6-8-21-24)11-20-16(19-5)23-10-7-15(13-23)22-17(25)26-18(2,3)4/h6,8-9,14-15H,7,10-13H2,1-5H3,(H,19,20)(H,22,25). The maximum Gasteiger partial charge on any atom is 0.407 e. The van der Waals surface area contributed by atoms with Crippen molar-refractivity contribution >= 4 is 12.1 Å². The number of guanidine groups is 1. The molecule has 2 rings (SSSR count). The van der Waals surface area contributed by atoms with Crippen molar-refractivity contribution in [3.8, 4) is 0 Å². The molecule has 146 valence electrons. The Balaban J connectivity index is 1.75. The van der Waals surface area contributed by atoms with Gasteiger partial charge in [0, 0.05) is 45.6 Å². The van der Waals surface area contributed by atoms with Gasteiger partial charge in [0.1, 0.15) is 5.60 Å². The summed E-state index contributed by atoms with van der Waals surface area (Å²) in [5.74, 6) is 1.29. The van der Waals surface area contributed by atoms with Gasteiger partial charge in [-0.05, 0) is 39.2 Å². The van der Waals surface area contributed by atoms with Crippen LogP contribution in [0.15, 0.2) is 23.5 Å². The summed E-state index contributed by atoms with van der Waals surface area (Å²) in [4.78, 5) is 18.5. The van der Waals surface area contributed by atoms with Crippen LogP contribution in [0.1, 0.15) is 34.1 Å². The van der Waals surface area contributed by atoms with Crippen molar-refractivity contribution in [3.05, 3.63) is 18.5 Å². The molecule has 0 aromatic carbocycles. The number of aliphatic imine (C=N–C) groups is 1. The summed E-state index contributed by atoms with van der Waals surface area (Å²) in [6.07, 6.45) is 4.28. The van der Waals surface area contributed by atoms with Crippen LogP contribution in [0.5, 0.6) is 0 Å². The Bertz CT molecular complexity index is 593. The first-order chi connectivity index (χ1) is 12.3. The molecule has 2 N–H and O–H groups in total. The lowest BCUT2D eigenvalue weighted by molar-refractivity contribution is 0.0507. The average molecular weight is 364 g/mol. The van der Waals surface area contributed by atoms with E-state index in [1.165, 1.54) is 0 Å². The minimum absolute atomic E-state index is 0.0740. The Hall–Kier alpha value is -2.25. The van der Waals surface area contributed by atoms with Gasteiger partial charge in [0.2, 0.25) is 0 Å². The number of nitrogens with one attached hydrogen (secondary N) is 2. The minimum atomic E-state index is -0.481. The van der Waals surface area contributed by atoms with E-state index in [4.69, 9.17) is 4.74 Å². The molecule has 2 unspecified atom stereocenters. The smallest absolute Gasteiger partial charge is 0.407 e. The van der Waals surface area contributed by atoms with E-state index >= 15 is 0 Å². The largest absolute Gasteiger partial charge is 0.444 e. The summed E-state index contributed by atoms with van der Waals surface area (Å²) >= 11 is 0. The van der Waals surface area contributed by atoms with Gasteiger partial charge in [-0.15, -0.1) is 0 Å². The molecule has 0 saturated carbocycles. The van der Waals surface area contributed by atoms with E-state index in [0.29, 0.717) is 5.92 Å². The van der Waals surface area contributed by atoms with Crippen LogP contribution in [0.4, 0.5) is 4.79 Å². The lowest BCUT2D eigenvalue weighted by Gasteiger charge is -2.24. The SMILES string of the molecule is CN=C(NCC(C)Cn1cccn1)N1CCC(NC(=O)OC(C)(C)C)C1. The van der Waals surface area contributed by atoms with E-state index in [2.05, 4.69) is 32.5 Å². The first-order valence-corrected chi connectivity index (χ1v) is 9.19. The first-order valence-electron chi connectivity index (χ1n) is 9.19. The molecule has 1 aromatic rings. The Labute approximate surface area is 156 Å². The molecular weight excluding hydrogens is 332 g/mol. The van der Waals surface area contributed by atoms with Gasteiger partial charge in [-0.25, -0.2) is 4.79 Å². The van der Waals surface area contributed by atoms with E-state index in [1.807, 2.05) is 37.7 Å². The van der Waals surface area contributed by atoms with Gasteiger partial charge in [-0.2, -0.15) is 5.10 Å². The van der Waals surface area contributed by atoms with Gasteiger partial charge in [0.15, 0.2) is 5.96 Å². The number of carbonyl (C=O) groups excluding carboxylic acids is 1. The summed E-state index contributed by atoms with van der Waals surface area (Å²) < 4.78 is 7.26. The molecule has 0 aliphatic carbocycles. The zero-order chi connectivity index (χ0) is 19.2. The van der Waals surface area contributed by atoms with Crippen LogP contribution in [-0.2, 0) is 11.3 Å². The number of alkyl carbamates (subject to hydrolysis) is 1. The molecule has 1 saturated heterocycles. The number of ether oxygens (including phenoxy) is 1. The summed E-state index contributed by atoms with van der Waals surface area (Å²) in [5, 5.41) is 10.6. The highest BCUT2D eigenvalue weighted by Crippen LogP contribution is 2.12. The van der Waals surface area contributed by atoms with Crippen molar-refractivity contribution in [1.82, 2.24) is 25.3 Å². The molecule has 8 heteroatoms. The van der Waals surface area contributed by atoms with Gasteiger partial charge < -0.3 is 20.3 Å². The van der Waals surface area contributed by atoms with E-state index in [0.717, 1.165) is 38.6 Å². The van der Waals surface area contributed by atoms with Crippen LogP contribution in [0.2, 0.25) is 0 Å². The van der Waals surface area contributed by atoms with Crippen molar-refractivity contribution < 1.29 is 9.53 Å². The fourth-order valence-corrected chi connectivity index (χ4v) is 2.93. The van der Waals surface area contributed by atoms with E-state index in [9.17, 15) is 4.79 Å². The average Bonchev–Trinajstić information content (AvgIpc) is 3.18. The second-order valence-corrected chi connectivity index (χ2v) is 7.84.